The summed E-state index contributed by atoms with van der Waals surface area (Å²) in [5, 5.41) is 0. The number of carbonyl (C=O) groups is 1. The van der Waals surface area contributed by atoms with Gasteiger partial charge in [-0.05, 0) is 24.6 Å². The van der Waals surface area contributed by atoms with Crippen molar-refractivity contribution in [2.24, 2.45) is 0 Å². The molecule has 1 heterocycles. The van der Waals surface area contributed by atoms with Crippen LogP contribution in [0, 0.1) is 6.92 Å². The Bertz CT molecular complexity index is 431. The van der Waals surface area contributed by atoms with Gasteiger partial charge in [0.15, 0.2) is 0 Å². The van der Waals surface area contributed by atoms with Gasteiger partial charge in [-0.2, -0.15) is 0 Å². The van der Waals surface area contributed by atoms with Crippen LogP contribution in [-0.4, -0.2) is 42.9 Å². The average molecular weight is 266 g/mol. The highest BCUT2D eigenvalue weighted by Gasteiger charge is 2.17. The Kier molecular flexibility index (Phi) is 4.49. The van der Waals surface area contributed by atoms with Gasteiger partial charge in [-0.1, -0.05) is 6.07 Å². The molecule has 0 bridgehead atoms. The highest BCUT2D eigenvalue weighted by molar-refractivity contribution is 8.00. The van der Waals surface area contributed by atoms with E-state index in [-0.39, 0.29) is 5.91 Å². The van der Waals surface area contributed by atoms with E-state index < -0.39 is 0 Å². The number of hydrogen-bond acceptors (Lipinski definition) is 4. The molecular formula is C13H18N2O2S. The van der Waals surface area contributed by atoms with E-state index in [1.165, 1.54) is 11.8 Å². The van der Waals surface area contributed by atoms with Gasteiger partial charge >= 0.3 is 0 Å². The Morgan fingerprint density at radius 1 is 1.44 bits per heavy atom. The molecule has 1 aliphatic heterocycles. The molecule has 2 rings (SSSR count). The zero-order valence-electron chi connectivity index (χ0n) is 10.5. The van der Waals surface area contributed by atoms with Crippen molar-refractivity contribution in [2.45, 2.75) is 11.8 Å². The molecule has 0 unspecified atom stereocenters. The fraction of sp³-hybridized carbons (Fsp3) is 0.462. The van der Waals surface area contributed by atoms with Crippen LogP contribution in [0.3, 0.4) is 0 Å². The van der Waals surface area contributed by atoms with E-state index in [4.69, 9.17) is 10.5 Å². The van der Waals surface area contributed by atoms with Crippen LogP contribution in [0.1, 0.15) is 5.56 Å². The monoisotopic (exact) mass is 266 g/mol. The maximum atomic E-state index is 12.0. The minimum absolute atomic E-state index is 0.157. The highest BCUT2D eigenvalue weighted by Crippen LogP contribution is 2.26. The second kappa shape index (κ2) is 6.11. The van der Waals surface area contributed by atoms with Crippen molar-refractivity contribution in [1.82, 2.24) is 4.90 Å². The molecule has 98 valence electrons. The number of nitrogen functional groups attached to an aromatic ring is 1. The first kappa shape index (κ1) is 13.2. The summed E-state index contributed by atoms with van der Waals surface area (Å²) in [4.78, 5) is 14.8. The van der Waals surface area contributed by atoms with E-state index in [9.17, 15) is 4.79 Å². The second-order valence-electron chi connectivity index (χ2n) is 4.32. The minimum atomic E-state index is 0.157. The summed E-state index contributed by atoms with van der Waals surface area (Å²) in [7, 11) is 0. The molecule has 0 saturated carbocycles. The second-order valence-corrected chi connectivity index (χ2v) is 5.34. The van der Waals surface area contributed by atoms with Crippen molar-refractivity contribution in [3.63, 3.8) is 0 Å². The average Bonchev–Trinajstić information content (AvgIpc) is 2.40. The molecule has 1 saturated heterocycles. The Balaban J connectivity index is 1.90. The van der Waals surface area contributed by atoms with Crippen LogP contribution in [0.5, 0.6) is 0 Å². The summed E-state index contributed by atoms with van der Waals surface area (Å²) in [6.45, 7) is 4.70. The molecule has 1 aliphatic rings. The minimum Gasteiger partial charge on any atom is -0.398 e. The van der Waals surface area contributed by atoms with Crippen LogP contribution in [0.2, 0.25) is 0 Å². The lowest BCUT2D eigenvalue weighted by atomic mass is 10.2. The first-order valence-corrected chi connectivity index (χ1v) is 7.00. The summed E-state index contributed by atoms with van der Waals surface area (Å²) in [5.41, 5.74) is 7.78. The Morgan fingerprint density at radius 2 is 2.17 bits per heavy atom. The predicted molar refractivity (Wildman–Crippen MR) is 73.7 cm³/mol. The molecule has 18 heavy (non-hydrogen) atoms. The first-order valence-electron chi connectivity index (χ1n) is 6.01. The third-order valence-corrected chi connectivity index (χ3v) is 3.94. The molecule has 1 aromatic carbocycles. The molecule has 0 atom stereocenters. The third-order valence-electron chi connectivity index (χ3n) is 2.88. The maximum Gasteiger partial charge on any atom is 0.233 e. The van der Waals surface area contributed by atoms with Gasteiger partial charge in [-0.25, -0.2) is 0 Å². The van der Waals surface area contributed by atoms with Crippen LogP contribution in [-0.2, 0) is 9.53 Å². The lowest BCUT2D eigenvalue weighted by Crippen LogP contribution is -2.41. The molecule has 5 heteroatoms. The largest absolute Gasteiger partial charge is 0.398 e. The summed E-state index contributed by atoms with van der Waals surface area (Å²) < 4.78 is 5.23. The number of anilines is 1. The number of nitrogens with zero attached hydrogens (tertiary/aromatic N) is 1. The fourth-order valence-corrected chi connectivity index (χ4v) is 2.78. The van der Waals surface area contributed by atoms with E-state index in [2.05, 4.69) is 0 Å². The quantitative estimate of drug-likeness (QED) is 0.666. The van der Waals surface area contributed by atoms with Gasteiger partial charge in [-0.3, -0.25) is 4.79 Å². The summed E-state index contributed by atoms with van der Waals surface area (Å²) in [5.74, 6) is 0.595. The fourth-order valence-electron chi connectivity index (χ4n) is 1.81. The van der Waals surface area contributed by atoms with Crippen LogP contribution >= 0.6 is 11.8 Å². The van der Waals surface area contributed by atoms with Crippen molar-refractivity contribution in [3.05, 3.63) is 23.8 Å². The Hall–Kier alpha value is -1.20. The molecular weight excluding hydrogens is 248 g/mol. The molecule has 0 aliphatic carbocycles. The number of nitrogens with two attached hydrogens (primary N) is 1. The van der Waals surface area contributed by atoms with E-state index in [0.717, 1.165) is 16.1 Å². The number of morpholine rings is 1. The van der Waals surface area contributed by atoms with Gasteiger partial charge in [-0.15, -0.1) is 11.8 Å². The molecule has 1 fully saturated rings. The van der Waals surface area contributed by atoms with Crippen LogP contribution in [0.4, 0.5) is 5.69 Å². The van der Waals surface area contributed by atoms with Crippen LogP contribution in [0.25, 0.3) is 0 Å². The molecule has 1 amide bonds. The van der Waals surface area contributed by atoms with Gasteiger partial charge in [0.05, 0.1) is 19.0 Å². The first-order chi connectivity index (χ1) is 8.66. The lowest BCUT2D eigenvalue weighted by Gasteiger charge is -2.26. The number of amides is 1. The van der Waals surface area contributed by atoms with Gasteiger partial charge in [0, 0.05) is 23.7 Å². The number of rotatable bonds is 3. The van der Waals surface area contributed by atoms with Gasteiger partial charge < -0.3 is 15.4 Å². The normalized spacial score (nSPS) is 15.7. The molecule has 1 aromatic rings. The summed E-state index contributed by atoms with van der Waals surface area (Å²) in [6.07, 6.45) is 0. The molecule has 2 N–H and O–H groups in total. The number of thioether (sulfide) groups is 1. The zero-order valence-corrected chi connectivity index (χ0v) is 11.3. The summed E-state index contributed by atoms with van der Waals surface area (Å²) in [6, 6.07) is 5.88. The lowest BCUT2D eigenvalue weighted by molar-refractivity contribution is -0.132. The molecule has 0 spiro atoms. The van der Waals surface area contributed by atoms with Crippen molar-refractivity contribution in [1.29, 1.82) is 0 Å². The molecule has 4 nitrogen and oxygen atoms in total. The van der Waals surface area contributed by atoms with E-state index in [0.29, 0.717) is 32.1 Å². The number of hydrogen-bond donors (Lipinski definition) is 1. The molecule has 0 aromatic heterocycles. The highest BCUT2D eigenvalue weighted by atomic mass is 32.2. The standard InChI is InChI=1S/C13H18N2O2S/c1-10-2-3-11(14)12(8-10)18-9-13(16)15-4-6-17-7-5-15/h2-3,8H,4-7,9,14H2,1H3. The predicted octanol–water partition coefficient (Wildman–Crippen LogP) is 1.53. The van der Waals surface area contributed by atoms with E-state index >= 15 is 0 Å². The maximum absolute atomic E-state index is 12.0. The van der Waals surface area contributed by atoms with Gasteiger partial charge in [0.25, 0.3) is 0 Å². The number of benzene rings is 1. The zero-order chi connectivity index (χ0) is 13.0. The number of aryl methyl sites for hydroxylation is 1. The Labute approximate surface area is 111 Å². The van der Waals surface area contributed by atoms with Crippen molar-refractivity contribution in [2.75, 3.05) is 37.8 Å². The van der Waals surface area contributed by atoms with Crippen LogP contribution in [0.15, 0.2) is 23.1 Å². The van der Waals surface area contributed by atoms with Crippen molar-refractivity contribution >= 4 is 23.4 Å². The smallest absolute Gasteiger partial charge is 0.233 e. The summed E-state index contributed by atoms with van der Waals surface area (Å²) >= 11 is 1.51. The topological polar surface area (TPSA) is 55.6 Å². The third kappa shape index (κ3) is 3.40. The van der Waals surface area contributed by atoms with E-state index in [1.807, 2.05) is 30.0 Å². The van der Waals surface area contributed by atoms with E-state index in [1.54, 1.807) is 0 Å². The number of ether oxygens (including phenoxy) is 1. The van der Waals surface area contributed by atoms with Gasteiger partial charge in [0.2, 0.25) is 5.91 Å². The van der Waals surface area contributed by atoms with Crippen molar-refractivity contribution in [3.8, 4) is 0 Å². The Morgan fingerprint density at radius 3 is 2.89 bits per heavy atom. The molecule has 0 radical (unpaired) electrons. The van der Waals surface area contributed by atoms with Gasteiger partial charge in [0.1, 0.15) is 0 Å². The number of carbonyl (C=O) groups excluding carboxylic acids is 1. The van der Waals surface area contributed by atoms with Crippen molar-refractivity contribution < 1.29 is 9.53 Å². The SMILES string of the molecule is Cc1ccc(N)c(SCC(=O)N2CCOCC2)c1. The van der Waals surface area contributed by atoms with Crippen LogP contribution < -0.4 is 5.73 Å².